The van der Waals surface area contributed by atoms with Gasteiger partial charge in [0.2, 0.25) is 0 Å². The SMILES string of the molecule is COc1c(C)ccc(F)c1C. The monoisotopic (exact) mass is 154 g/mol. The first kappa shape index (κ1) is 8.05. The van der Waals surface area contributed by atoms with Gasteiger partial charge in [-0.15, -0.1) is 0 Å². The van der Waals surface area contributed by atoms with Gasteiger partial charge in [0, 0.05) is 5.56 Å². The van der Waals surface area contributed by atoms with Crippen molar-refractivity contribution in [2.75, 3.05) is 7.11 Å². The molecule has 0 N–H and O–H groups in total. The van der Waals surface area contributed by atoms with E-state index in [-0.39, 0.29) is 5.82 Å². The highest BCUT2D eigenvalue weighted by molar-refractivity contribution is 5.40. The summed E-state index contributed by atoms with van der Waals surface area (Å²) in [5, 5.41) is 0. The van der Waals surface area contributed by atoms with Crippen molar-refractivity contribution in [3.05, 3.63) is 29.1 Å². The summed E-state index contributed by atoms with van der Waals surface area (Å²) in [6, 6.07) is 3.16. The molecular weight excluding hydrogens is 143 g/mol. The van der Waals surface area contributed by atoms with Gasteiger partial charge in [-0.3, -0.25) is 0 Å². The average molecular weight is 154 g/mol. The van der Waals surface area contributed by atoms with E-state index in [2.05, 4.69) is 0 Å². The van der Waals surface area contributed by atoms with E-state index in [1.807, 2.05) is 6.92 Å². The number of benzene rings is 1. The first-order chi connectivity index (χ1) is 5.16. The van der Waals surface area contributed by atoms with Crippen molar-refractivity contribution in [3.63, 3.8) is 0 Å². The van der Waals surface area contributed by atoms with Crippen molar-refractivity contribution in [2.45, 2.75) is 13.8 Å². The highest BCUT2D eigenvalue weighted by Gasteiger charge is 2.05. The Morgan fingerprint density at radius 2 is 1.91 bits per heavy atom. The molecule has 60 valence electrons. The molecule has 1 nitrogen and oxygen atoms in total. The Balaban J connectivity index is 3.29. The van der Waals surface area contributed by atoms with E-state index >= 15 is 0 Å². The fourth-order valence-corrected chi connectivity index (χ4v) is 1.12. The summed E-state index contributed by atoms with van der Waals surface area (Å²) < 4.78 is 17.9. The fourth-order valence-electron chi connectivity index (χ4n) is 1.12. The second-order valence-electron chi connectivity index (χ2n) is 2.52. The lowest BCUT2D eigenvalue weighted by molar-refractivity contribution is 0.404. The lowest BCUT2D eigenvalue weighted by atomic mass is 10.1. The van der Waals surface area contributed by atoms with Gasteiger partial charge in [-0.1, -0.05) is 6.07 Å². The summed E-state index contributed by atoms with van der Waals surface area (Å²) in [5.74, 6) is 0.428. The number of methoxy groups -OCH3 is 1. The van der Waals surface area contributed by atoms with Gasteiger partial charge in [-0.2, -0.15) is 0 Å². The molecule has 0 amide bonds. The smallest absolute Gasteiger partial charge is 0.129 e. The van der Waals surface area contributed by atoms with Crippen molar-refractivity contribution < 1.29 is 9.13 Å². The van der Waals surface area contributed by atoms with Crippen LogP contribution in [-0.2, 0) is 0 Å². The molecule has 1 rings (SSSR count). The van der Waals surface area contributed by atoms with Gasteiger partial charge < -0.3 is 4.74 Å². The summed E-state index contributed by atoms with van der Waals surface area (Å²) in [5.41, 5.74) is 1.54. The van der Waals surface area contributed by atoms with Crippen molar-refractivity contribution in [3.8, 4) is 5.75 Å². The Morgan fingerprint density at radius 1 is 1.27 bits per heavy atom. The number of hydrogen-bond acceptors (Lipinski definition) is 1. The molecule has 0 saturated carbocycles. The largest absolute Gasteiger partial charge is 0.496 e. The third kappa shape index (κ3) is 1.34. The third-order valence-electron chi connectivity index (χ3n) is 1.74. The fraction of sp³-hybridized carbons (Fsp3) is 0.333. The Bertz CT molecular complexity index is 269. The predicted molar refractivity (Wildman–Crippen MR) is 42.4 cm³/mol. The van der Waals surface area contributed by atoms with Crippen molar-refractivity contribution in [1.29, 1.82) is 0 Å². The first-order valence-electron chi connectivity index (χ1n) is 3.46. The first-order valence-corrected chi connectivity index (χ1v) is 3.46. The lowest BCUT2D eigenvalue weighted by Crippen LogP contribution is -1.93. The number of rotatable bonds is 1. The molecule has 0 saturated heterocycles. The molecule has 0 aliphatic carbocycles. The third-order valence-corrected chi connectivity index (χ3v) is 1.74. The van der Waals surface area contributed by atoms with E-state index < -0.39 is 0 Å². The number of halogens is 1. The second-order valence-corrected chi connectivity index (χ2v) is 2.52. The highest BCUT2D eigenvalue weighted by Crippen LogP contribution is 2.24. The highest BCUT2D eigenvalue weighted by atomic mass is 19.1. The van der Waals surface area contributed by atoms with Crippen LogP contribution in [0.1, 0.15) is 11.1 Å². The standard InChI is InChI=1S/C9H11FO/c1-6-4-5-8(10)7(2)9(6)11-3/h4-5H,1-3H3. The zero-order chi connectivity index (χ0) is 8.43. The van der Waals surface area contributed by atoms with Crippen LogP contribution in [0.15, 0.2) is 12.1 Å². The zero-order valence-electron chi connectivity index (χ0n) is 6.94. The minimum Gasteiger partial charge on any atom is -0.496 e. The minimum atomic E-state index is -0.215. The Labute approximate surface area is 65.8 Å². The Kier molecular flexibility index (Phi) is 2.13. The van der Waals surface area contributed by atoms with Crippen molar-refractivity contribution >= 4 is 0 Å². The number of ether oxygens (including phenoxy) is 1. The van der Waals surface area contributed by atoms with Crippen molar-refractivity contribution in [1.82, 2.24) is 0 Å². The number of hydrogen-bond donors (Lipinski definition) is 0. The van der Waals surface area contributed by atoms with Gasteiger partial charge in [0.05, 0.1) is 7.11 Å². The van der Waals surface area contributed by atoms with Crippen LogP contribution in [0.5, 0.6) is 5.75 Å². The van der Waals surface area contributed by atoms with E-state index in [1.54, 1.807) is 20.1 Å². The topological polar surface area (TPSA) is 9.23 Å². The Hall–Kier alpha value is -1.05. The van der Waals surface area contributed by atoms with E-state index in [4.69, 9.17) is 4.74 Å². The van der Waals surface area contributed by atoms with Crippen LogP contribution in [0.3, 0.4) is 0 Å². The maximum Gasteiger partial charge on any atom is 0.129 e. The van der Waals surface area contributed by atoms with Gasteiger partial charge in [-0.25, -0.2) is 4.39 Å². The van der Waals surface area contributed by atoms with Gasteiger partial charge in [0.1, 0.15) is 11.6 Å². The summed E-state index contributed by atoms with van der Waals surface area (Å²) in [6.45, 7) is 3.60. The molecular formula is C9H11FO. The van der Waals surface area contributed by atoms with Gasteiger partial charge in [0.15, 0.2) is 0 Å². The summed E-state index contributed by atoms with van der Waals surface area (Å²) in [6.07, 6.45) is 0. The van der Waals surface area contributed by atoms with E-state index in [9.17, 15) is 4.39 Å². The molecule has 11 heavy (non-hydrogen) atoms. The van der Waals surface area contributed by atoms with E-state index in [0.717, 1.165) is 5.56 Å². The van der Waals surface area contributed by atoms with Crippen LogP contribution in [0, 0.1) is 19.7 Å². The van der Waals surface area contributed by atoms with E-state index in [1.165, 1.54) is 6.07 Å². The lowest BCUT2D eigenvalue weighted by Gasteiger charge is -2.07. The van der Waals surface area contributed by atoms with Crippen LogP contribution in [0.25, 0.3) is 0 Å². The van der Waals surface area contributed by atoms with Crippen molar-refractivity contribution in [2.24, 2.45) is 0 Å². The summed E-state index contributed by atoms with van der Waals surface area (Å²) >= 11 is 0. The van der Waals surface area contributed by atoms with Crippen LogP contribution in [0.2, 0.25) is 0 Å². The molecule has 0 unspecified atom stereocenters. The molecule has 1 aromatic rings. The van der Waals surface area contributed by atoms with Gasteiger partial charge >= 0.3 is 0 Å². The van der Waals surface area contributed by atoms with Crippen LogP contribution in [-0.4, -0.2) is 7.11 Å². The van der Waals surface area contributed by atoms with Crippen LogP contribution in [0.4, 0.5) is 4.39 Å². The number of aryl methyl sites for hydroxylation is 1. The molecule has 0 spiro atoms. The van der Waals surface area contributed by atoms with Gasteiger partial charge in [-0.05, 0) is 25.5 Å². The summed E-state index contributed by atoms with van der Waals surface area (Å²) in [7, 11) is 1.55. The van der Waals surface area contributed by atoms with Gasteiger partial charge in [0.25, 0.3) is 0 Å². The molecule has 0 bridgehead atoms. The molecule has 0 radical (unpaired) electrons. The molecule has 1 aromatic carbocycles. The molecule has 2 heteroatoms. The van der Waals surface area contributed by atoms with Crippen LogP contribution < -0.4 is 4.74 Å². The quantitative estimate of drug-likeness (QED) is 0.603. The normalized spacial score (nSPS) is 9.82. The van der Waals surface area contributed by atoms with Crippen LogP contribution >= 0.6 is 0 Å². The average Bonchev–Trinajstić information content (AvgIpc) is 1.99. The zero-order valence-corrected chi connectivity index (χ0v) is 6.94. The minimum absolute atomic E-state index is 0.215. The Morgan fingerprint density at radius 3 is 2.36 bits per heavy atom. The van der Waals surface area contributed by atoms with E-state index in [0.29, 0.717) is 11.3 Å². The molecule has 0 aliphatic heterocycles. The maximum absolute atomic E-state index is 12.9. The summed E-state index contributed by atoms with van der Waals surface area (Å²) in [4.78, 5) is 0. The predicted octanol–water partition coefficient (Wildman–Crippen LogP) is 2.45. The molecule has 0 aliphatic rings. The second kappa shape index (κ2) is 2.91. The molecule has 0 heterocycles. The maximum atomic E-state index is 12.9. The molecule has 0 aromatic heterocycles. The molecule has 0 fully saturated rings. The molecule has 0 atom stereocenters.